The molecule has 0 saturated heterocycles. The highest BCUT2D eigenvalue weighted by Crippen LogP contribution is 2.01. The van der Waals surface area contributed by atoms with Crippen LogP contribution in [0.2, 0.25) is 0 Å². The highest BCUT2D eigenvalue weighted by Gasteiger charge is 2.13. The van der Waals surface area contributed by atoms with Crippen molar-refractivity contribution in [1.82, 2.24) is 9.88 Å². The molecule has 0 saturated carbocycles. The van der Waals surface area contributed by atoms with Gasteiger partial charge in [0.1, 0.15) is 5.56 Å². The van der Waals surface area contributed by atoms with Crippen LogP contribution in [0.3, 0.4) is 0 Å². The van der Waals surface area contributed by atoms with Gasteiger partial charge in [-0.25, -0.2) is 0 Å². The fraction of sp³-hybridized carbons (Fsp3) is 0.500. The van der Waals surface area contributed by atoms with Crippen LogP contribution in [0, 0.1) is 0 Å². The van der Waals surface area contributed by atoms with Crippen LogP contribution >= 0.6 is 0 Å². The lowest BCUT2D eigenvalue weighted by Gasteiger charge is -2.16. The van der Waals surface area contributed by atoms with Crippen molar-refractivity contribution in [3.8, 4) is 0 Å². The Morgan fingerprint density at radius 1 is 1.41 bits per heavy atom. The molecule has 1 aromatic rings. The van der Waals surface area contributed by atoms with E-state index < -0.39 is 0 Å². The number of amides is 1. The van der Waals surface area contributed by atoms with E-state index in [-0.39, 0.29) is 23.6 Å². The van der Waals surface area contributed by atoms with Crippen molar-refractivity contribution in [1.29, 1.82) is 0 Å². The summed E-state index contributed by atoms with van der Waals surface area (Å²) in [6.45, 7) is 0.767. The molecule has 1 rings (SSSR count). The van der Waals surface area contributed by atoms with Gasteiger partial charge in [-0.1, -0.05) is 0 Å². The van der Waals surface area contributed by atoms with Crippen molar-refractivity contribution in [2.24, 2.45) is 0 Å². The third kappa shape index (κ3) is 4.03. The summed E-state index contributed by atoms with van der Waals surface area (Å²) in [5.74, 6) is -0.268. The second kappa shape index (κ2) is 6.85. The van der Waals surface area contributed by atoms with Crippen LogP contribution in [-0.2, 0) is 0 Å². The van der Waals surface area contributed by atoms with Gasteiger partial charge in [-0.15, -0.1) is 0 Å². The summed E-state index contributed by atoms with van der Waals surface area (Å²) in [5.41, 5.74) is -0.197. The van der Waals surface area contributed by atoms with E-state index >= 15 is 0 Å². The first-order valence-electron chi connectivity index (χ1n) is 5.71. The van der Waals surface area contributed by atoms with Crippen molar-refractivity contribution >= 4 is 5.91 Å². The number of nitrogens with zero attached hydrogens (tertiary/aromatic N) is 1. The van der Waals surface area contributed by atoms with Gasteiger partial charge in [0.2, 0.25) is 0 Å². The number of pyridine rings is 1. The molecule has 0 atom stereocenters. The average molecular weight is 238 g/mol. The molecule has 0 unspecified atom stereocenters. The summed E-state index contributed by atoms with van der Waals surface area (Å²) >= 11 is 0. The van der Waals surface area contributed by atoms with Crippen molar-refractivity contribution in [2.75, 3.05) is 20.2 Å². The van der Waals surface area contributed by atoms with Crippen LogP contribution in [0.4, 0.5) is 0 Å². The molecule has 0 bridgehead atoms. The number of aromatic amines is 1. The molecule has 0 spiro atoms. The van der Waals surface area contributed by atoms with E-state index in [1.807, 2.05) is 0 Å². The molecule has 1 heterocycles. The van der Waals surface area contributed by atoms with Gasteiger partial charge in [0.25, 0.3) is 11.5 Å². The minimum absolute atomic E-state index is 0.164. The maximum Gasteiger partial charge on any atom is 0.260 e. The third-order valence-corrected chi connectivity index (χ3v) is 2.55. The molecule has 0 aliphatic heterocycles. The van der Waals surface area contributed by atoms with Gasteiger partial charge in [0, 0.05) is 26.4 Å². The van der Waals surface area contributed by atoms with Gasteiger partial charge in [0.05, 0.1) is 0 Å². The lowest BCUT2D eigenvalue weighted by Crippen LogP contribution is -2.32. The van der Waals surface area contributed by atoms with Gasteiger partial charge in [-0.3, -0.25) is 9.59 Å². The number of hydrogen-bond acceptors (Lipinski definition) is 3. The van der Waals surface area contributed by atoms with E-state index in [1.165, 1.54) is 17.2 Å². The lowest BCUT2D eigenvalue weighted by molar-refractivity contribution is 0.0790. The molecule has 0 aromatic carbocycles. The van der Waals surface area contributed by atoms with Crippen molar-refractivity contribution in [3.63, 3.8) is 0 Å². The van der Waals surface area contributed by atoms with E-state index in [1.54, 1.807) is 13.1 Å². The van der Waals surface area contributed by atoms with E-state index in [9.17, 15) is 9.59 Å². The van der Waals surface area contributed by atoms with E-state index in [4.69, 9.17) is 5.11 Å². The Balaban J connectivity index is 2.53. The van der Waals surface area contributed by atoms with Crippen molar-refractivity contribution in [2.45, 2.75) is 19.3 Å². The maximum atomic E-state index is 11.9. The number of aliphatic hydroxyl groups is 1. The molecule has 1 aromatic heterocycles. The number of hydrogen-bond donors (Lipinski definition) is 2. The van der Waals surface area contributed by atoms with Crippen LogP contribution in [0.15, 0.2) is 23.1 Å². The Kier molecular flexibility index (Phi) is 5.42. The predicted octanol–water partition coefficient (Wildman–Crippen LogP) is 0.610. The SMILES string of the molecule is CN(CCCCCO)C(=O)c1ccc[nH]c1=O. The van der Waals surface area contributed by atoms with Crippen LogP contribution in [0.5, 0.6) is 0 Å². The Labute approximate surface area is 100 Å². The number of unbranched alkanes of at least 4 members (excludes halogenated alkanes) is 2. The molecule has 94 valence electrons. The van der Waals surface area contributed by atoms with Crippen LogP contribution < -0.4 is 5.56 Å². The van der Waals surface area contributed by atoms with E-state index in [2.05, 4.69) is 4.98 Å². The van der Waals surface area contributed by atoms with E-state index in [0.29, 0.717) is 6.54 Å². The molecule has 5 heteroatoms. The Morgan fingerprint density at radius 2 is 2.18 bits per heavy atom. The zero-order valence-corrected chi connectivity index (χ0v) is 9.98. The van der Waals surface area contributed by atoms with Crippen LogP contribution in [-0.4, -0.2) is 41.1 Å². The largest absolute Gasteiger partial charge is 0.396 e. The third-order valence-electron chi connectivity index (χ3n) is 2.55. The van der Waals surface area contributed by atoms with Gasteiger partial charge < -0.3 is 15.0 Å². The number of H-pyrrole nitrogens is 1. The van der Waals surface area contributed by atoms with Crippen molar-refractivity contribution in [3.05, 3.63) is 34.2 Å². The predicted molar refractivity (Wildman–Crippen MR) is 65.0 cm³/mol. The molecule has 1 amide bonds. The van der Waals surface area contributed by atoms with E-state index in [0.717, 1.165) is 19.3 Å². The number of nitrogens with one attached hydrogen (secondary N) is 1. The quantitative estimate of drug-likeness (QED) is 0.713. The molecule has 0 fully saturated rings. The molecule has 2 N–H and O–H groups in total. The number of aliphatic hydroxyl groups excluding tert-OH is 1. The first-order chi connectivity index (χ1) is 8.16. The number of carbonyl (C=O) groups excluding carboxylic acids is 1. The van der Waals surface area contributed by atoms with Gasteiger partial charge >= 0.3 is 0 Å². The minimum Gasteiger partial charge on any atom is -0.396 e. The summed E-state index contributed by atoms with van der Waals surface area (Å²) in [5, 5.41) is 8.63. The standard InChI is InChI=1S/C12H18N2O3/c1-14(8-3-2-4-9-15)12(17)10-6-5-7-13-11(10)16/h5-7,15H,2-4,8-9H2,1H3,(H,13,16). The molecule has 0 aliphatic carbocycles. The van der Waals surface area contributed by atoms with Crippen LogP contribution in [0.25, 0.3) is 0 Å². The van der Waals surface area contributed by atoms with Gasteiger partial charge in [-0.05, 0) is 31.4 Å². The fourth-order valence-electron chi connectivity index (χ4n) is 1.53. The Morgan fingerprint density at radius 3 is 2.82 bits per heavy atom. The summed E-state index contributed by atoms with van der Waals surface area (Å²) in [7, 11) is 1.67. The molecular weight excluding hydrogens is 220 g/mol. The Bertz CT molecular complexity index is 414. The summed E-state index contributed by atoms with van der Waals surface area (Å²) in [6, 6.07) is 3.15. The summed E-state index contributed by atoms with van der Waals surface area (Å²) in [6.07, 6.45) is 3.95. The second-order valence-electron chi connectivity index (χ2n) is 3.92. The summed E-state index contributed by atoms with van der Waals surface area (Å²) in [4.78, 5) is 27.3. The topological polar surface area (TPSA) is 73.4 Å². The zero-order chi connectivity index (χ0) is 12.7. The molecule has 5 nitrogen and oxygen atoms in total. The Hall–Kier alpha value is -1.62. The highest BCUT2D eigenvalue weighted by atomic mass is 16.3. The zero-order valence-electron chi connectivity index (χ0n) is 9.98. The highest BCUT2D eigenvalue weighted by molar-refractivity contribution is 5.93. The molecule has 0 aliphatic rings. The fourth-order valence-corrected chi connectivity index (χ4v) is 1.53. The molecular formula is C12H18N2O3. The summed E-state index contributed by atoms with van der Waals surface area (Å²) < 4.78 is 0. The molecule has 0 radical (unpaired) electrons. The first-order valence-corrected chi connectivity index (χ1v) is 5.71. The minimum atomic E-state index is -0.361. The number of carbonyl (C=O) groups is 1. The van der Waals surface area contributed by atoms with Crippen molar-refractivity contribution < 1.29 is 9.90 Å². The smallest absolute Gasteiger partial charge is 0.260 e. The molecule has 17 heavy (non-hydrogen) atoms. The number of rotatable bonds is 6. The normalized spacial score (nSPS) is 10.2. The number of aromatic nitrogens is 1. The first kappa shape index (κ1) is 13.4. The average Bonchev–Trinajstić information content (AvgIpc) is 2.34. The monoisotopic (exact) mass is 238 g/mol. The second-order valence-corrected chi connectivity index (χ2v) is 3.92. The lowest BCUT2D eigenvalue weighted by atomic mass is 10.2. The van der Waals surface area contributed by atoms with Crippen LogP contribution in [0.1, 0.15) is 29.6 Å². The maximum absolute atomic E-state index is 11.9. The van der Waals surface area contributed by atoms with Gasteiger partial charge in [-0.2, -0.15) is 0 Å². The van der Waals surface area contributed by atoms with Gasteiger partial charge in [0.15, 0.2) is 0 Å².